The van der Waals surface area contributed by atoms with E-state index in [1.165, 1.54) is 12.8 Å². The molecule has 1 N–H and O–H groups in total. The average Bonchev–Trinajstić information content (AvgIpc) is 2.87. The number of nitrogens with zero attached hydrogens (tertiary/aromatic N) is 2. The van der Waals surface area contributed by atoms with Gasteiger partial charge in [-0.15, -0.1) is 0 Å². The van der Waals surface area contributed by atoms with Crippen LogP contribution >= 0.6 is 0 Å². The Kier molecular flexibility index (Phi) is 4.07. The summed E-state index contributed by atoms with van der Waals surface area (Å²) in [7, 11) is -2.87. The Morgan fingerprint density at radius 2 is 2.15 bits per heavy atom. The summed E-state index contributed by atoms with van der Waals surface area (Å²) in [6.07, 6.45) is 5.68. The summed E-state index contributed by atoms with van der Waals surface area (Å²) in [5.41, 5.74) is 0. The van der Waals surface area contributed by atoms with Crippen molar-refractivity contribution in [1.29, 1.82) is 0 Å². The van der Waals surface area contributed by atoms with Gasteiger partial charge in [-0.25, -0.2) is 8.42 Å². The number of piperidine rings is 1. The van der Waals surface area contributed by atoms with Crippen LogP contribution in [-0.4, -0.2) is 36.6 Å². The molecule has 2 aliphatic rings. The van der Waals surface area contributed by atoms with Crippen molar-refractivity contribution in [3.8, 4) is 0 Å². The van der Waals surface area contributed by atoms with Gasteiger partial charge in [-0.3, -0.25) is 0 Å². The topological polar surface area (TPSA) is 85.1 Å². The van der Waals surface area contributed by atoms with Gasteiger partial charge in [0.1, 0.15) is 0 Å². The first kappa shape index (κ1) is 14.0. The molecule has 2 saturated heterocycles. The lowest BCUT2D eigenvalue weighted by molar-refractivity contribution is 0.333. The zero-order valence-corrected chi connectivity index (χ0v) is 12.4. The van der Waals surface area contributed by atoms with Gasteiger partial charge in [0.25, 0.3) is 0 Å². The normalized spacial score (nSPS) is 30.2. The molecule has 0 amide bonds. The van der Waals surface area contributed by atoms with Crippen LogP contribution in [0.15, 0.2) is 4.52 Å². The predicted molar refractivity (Wildman–Crippen MR) is 74.0 cm³/mol. The molecule has 112 valence electrons. The van der Waals surface area contributed by atoms with Gasteiger partial charge in [-0.1, -0.05) is 11.6 Å². The Labute approximate surface area is 119 Å². The van der Waals surface area contributed by atoms with Crippen LogP contribution < -0.4 is 5.32 Å². The number of hydrogen-bond acceptors (Lipinski definition) is 6. The van der Waals surface area contributed by atoms with Crippen LogP contribution in [0.5, 0.6) is 0 Å². The molecule has 0 bridgehead atoms. The van der Waals surface area contributed by atoms with Crippen molar-refractivity contribution in [3.05, 3.63) is 11.7 Å². The standard InChI is InChI=1S/C13H21N3O3S/c17-20(18)7-3-4-10(9-20)8-12-15-13(16-19-12)11-5-1-2-6-14-11/h10-11,14H,1-9H2. The Balaban J connectivity index is 1.62. The van der Waals surface area contributed by atoms with Crippen LogP contribution in [0, 0.1) is 5.92 Å². The van der Waals surface area contributed by atoms with E-state index in [0.29, 0.717) is 18.1 Å². The van der Waals surface area contributed by atoms with Crippen molar-refractivity contribution >= 4 is 9.84 Å². The fraction of sp³-hybridized carbons (Fsp3) is 0.846. The van der Waals surface area contributed by atoms with Crippen molar-refractivity contribution in [3.63, 3.8) is 0 Å². The number of nitrogens with one attached hydrogen (secondary N) is 1. The maximum absolute atomic E-state index is 11.6. The molecular weight excluding hydrogens is 278 g/mol. The molecule has 2 atom stereocenters. The lowest BCUT2D eigenvalue weighted by Crippen LogP contribution is -2.28. The van der Waals surface area contributed by atoms with E-state index in [0.717, 1.165) is 31.6 Å². The second kappa shape index (κ2) is 5.81. The van der Waals surface area contributed by atoms with Crippen LogP contribution in [0.3, 0.4) is 0 Å². The maximum Gasteiger partial charge on any atom is 0.227 e. The second-order valence-electron chi connectivity index (χ2n) is 5.88. The van der Waals surface area contributed by atoms with E-state index in [9.17, 15) is 8.42 Å². The lowest BCUT2D eigenvalue weighted by Gasteiger charge is -2.20. The minimum Gasteiger partial charge on any atom is -0.339 e. The van der Waals surface area contributed by atoms with E-state index >= 15 is 0 Å². The maximum atomic E-state index is 11.6. The van der Waals surface area contributed by atoms with Gasteiger partial charge in [0.15, 0.2) is 15.7 Å². The first-order valence-electron chi connectivity index (χ1n) is 7.39. The van der Waals surface area contributed by atoms with Crippen molar-refractivity contribution in [1.82, 2.24) is 15.5 Å². The predicted octanol–water partition coefficient (Wildman–Crippen LogP) is 1.25. The van der Waals surface area contributed by atoms with Gasteiger partial charge in [0.05, 0.1) is 17.5 Å². The number of sulfone groups is 1. The van der Waals surface area contributed by atoms with Crippen LogP contribution in [0.2, 0.25) is 0 Å². The highest BCUT2D eigenvalue weighted by molar-refractivity contribution is 7.91. The largest absolute Gasteiger partial charge is 0.339 e. The summed E-state index contributed by atoms with van der Waals surface area (Å²) in [4.78, 5) is 4.44. The molecule has 1 aromatic heterocycles. The summed E-state index contributed by atoms with van der Waals surface area (Å²) in [6, 6.07) is 0.191. The van der Waals surface area contributed by atoms with Gasteiger partial charge in [0.2, 0.25) is 5.89 Å². The highest BCUT2D eigenvalue weighted by Gasteiger charge is 2.27. The third-order valence-electron chi connectivity index (χ3n) is 4.13. The molecule has 0 radical (unpaired) electrons. The molecule has 3 rings (SSSR count). The van der Waals surface area contributed by atoms with Crippen LogP contribution in [0.25, 0.3) is 0 Å². The van der Waals surface area contributed by atoms with Gasteiger partial charge >= 0.3 is 0 Å². The lowest BCUT2D eigenvalue weighted by atomic mass is 10.0. The Morgan fingerprint density at radius 1 is 1.25 bits per heavy atom. The highest BCUT2D eigenvalue weighted by atomic mass is 32.2. The monoisotopic (exact) mass is 299 g/mol. The Morgan fingerprint density at radius 3 is 2.90 bits per heavy atom. The first-order chi connectivity index (χ1) is 9.62. The quantitative estimate of drug-likeness (QED) is 0.904. The summed E-state index contributed by atoms with van der Waals surface area (Å²) in [5.74, 6) is 2.01. The van der Waals surface area contributed by atoms with E-state index < -0.39 is 9.84 Å². The summed E-state index contributed by atoms with van der Waals surface area (Å²) >= 11 is 0. The highest BCUT2D eigenvalue weighted by Crippen LogP contribution is 2.24. The van der Waals surface area contributed by atoms with E-state index in [1.807, 2.05) is 0 Å². The third kappa shape index (κ3) is 3.38. The van der Waals surface area contributed by atoms with E-state index in [-0.39, 0.29) is 17.7 Å². The molecule has 1 aromatic rings. The molecule has 0 spiro atoms. The molecule has 2 fully saturated rings. The zero-order valence-electron chi connectivity index (χ0n) is 11.5. The SMILES string of the molecule is O=S1(=O)CCCC(Cc2nc(C3CCCCN3)no2)C1. The summed E-state index contributed by atoms with van der Waals surface area (Å²) in [6.45, 7) is 0.995. The fourth-order valence-corrected chi connectivity index (χ4v) is 4.87. The molecule has 2 unspecified atom stereocenters. The van der Waals surface area contributed by atoms with Gasteiger partial charge in [-0.05, 0) is 38.1 Å². The molecular formula is C13H21N3O3S. The van der Waals surface area contributed by atoms with Gasteiger partial charge in [-0.2, -0.15) is 4.98 Å². The van der Waals surface area contributed by atoms with E-state index in [1.54, 1.807) is 0 Å². The molecule has 0 aliphatic carbocycles. The fourth-order valence-electron chi connectivity index (χ4n) is 3.09. The van der Waals surface area contributed by atoms with Crippen molar-refractivity contribution in [2.45, 2.75) is 44.6 Å². The van der Waals surface area contributed by atoms with Gasteiger partial charge in [0, 0.05) is 6.42 Å². The van der Waals surface area contributed by atoms with Crippen LogP contribution in [0.1, 0.15) is 49.9 Å². The van der Waals surface area contributed by atoms with E-state index in [2.05, 4.69) is 15.5 Å². The minimum absolute atomic E-state index is 0.126. The summed E-state index contributed by atoms with van der Waals surface area (Å²) < 4.78 is 28.5. The molecule has 6 nitrogen and oxygen atoms in total. The zero-order chi connectivity index (χ0) is 14.0. The molecule has 3 heterocycles. The third-order valence-corrected chi connectivity index (χ3v) is 6.02. The molecule has 2 aliphatic heterocycles. The second-order valence-corrected chi connectivity index (χ2v) is 8.10. The smallest absolute Gasteiger partial charge is 0.227 e. The average molecular weight is 299 g/mol. The van der Waals surface area contributed by atoms with E-state index in [4.69, 9.17) is 4.52 Å². The van der Waals surface area contributed by atoms with Gasteiger partial charge < -0.3 is 9.84 Å². The number of aromatic nitrogens is 2. The minimum atomic E-state index is -2.87. The van der Waals surface area contributed by atoms with Crippen molar-refractivity contribution in [2.24, 2.45) is 5.92 Å². The summed E-state index contributed by atoms with van der Waals surface area (Å²) in [5, 5.41) is 7.43. The van der Waals surface area contributed by atoms with Crippen LogP contribution in [-0.2, 0) is 16.3 Å². The molecule has 0 aromatic carbocycles. The molecule has 20 heavy (non-hydrogen) atoms. The van der Waals surface area contributed by atoms with Crippen molar-refractivity contribution in [2.75, 3.05) is 18.1 Å². The first-order valence-corrected chi connectivity index (χ1v) is 9.21. The molecule has 0 saturated carbocycles. The Bertz CT molecular complexity index is 549. The van der Waals surface area contributed by atoms with Crippen LogP contribution in [0.4, 0.5) is 0 Å². The van der Waals surface area contributed by atoms with Crippen molar-refractivity contribution < 1.29 is 12.9 Å². The molecule has 7 heteroatoms. The number of rotatable bonds is 3. The Hall–Kier alpha value is -0.950. The number of hydrogen-bond donors (Lipinski definition) is 1.